The molecule has 158 valence electrons. The van der Waals surface area contributed by atoms with Crippen molar-refractivity contribution in [2.24, 2.45) is 0 Å². The van der Waals surface area contributed by atoms with Crippen molar-refractivity contribution in [2.45, 2.75) is 85.5 Å². The third kappa shape index (κ3) is 11.2. The van der Waals surface area contributed by atoms with Crippen LogP contribution in [0, 0.1) is 0 Å². The van der Waals surface area contributed by atoms with E-state index in [0.29, 0.717) is 0 Å². The Morgan fingerprint density at radius 2 is 1.54 bits per heavy atom. The molecule has 2 heteroatoms. The molecule has 0 radical (unpaired) electrons. The Labute approximate surface area is 174 Å². The van der Waals surface area contributed by atoms with Crippen molar-refractivity contribution in [1.82, 2.24) is 0 Å². The smallest absolute Gasteiger partial charge is 0.119 e. The Balaban J connectivity index is 2.58. The Morgan fingerprint density at radius 3 is 2.14 bits per heavy atom. The maximum atomic E-state index is 5.32. The number of ether oxygens (including phenoxy) is 1. The average molecular weight is 386 g/mol. The van der Waals surface area contributed by atoms with E-state index in [2.05, 4.69) is 69.0 Å². The zero-order chi connectivity index (χ0) is 20.6. The first-order valence-electron chi connectivity index (χ1n) is 11.2. The van der Waals surface area contributed by atoms with Gasteiger partial charge in [-0.2, -0.15) is 0 Å². The first-order valence-corrected chi connectivity index (χ1v) is 11.2. The molecule has 0 saturated heterocycles. The van der Waals surface area contributed by atoms with Gasteiger partial charge in [-0.25, -0.2) is 0 Å². The van der Waals surface area contributed by atoms with E-state index in [1.807, 2.05) is 0 Å². The van der Waals surface area contributed by atoms with E-state index >= 15 is 0 Å². The molecule has 1 aromatic rings. The summed E-state index contributed by atoms with van der Waals surface area (Å²) in [5.74, 6) is 0.924. The van der Waals surface area contributed by atoms with Gasteiger partial charge in [-0.3, -0.25) is 0 Å². The van der Waals surface area contributed by atoms with Crippen LogP contribution in [0.5, 0.6) is 5.75 Å². The minimum atomic E-state index is 0.924. The highest BCUT2D eigenvalue weighted by molar-refractivity contribution is 5.49. The average Bonchev–Trinajstić information content (AvgIpc) is 2.69. The van der Waals surface area contributed by atoms with E-state index in [9.17, 15) is 0 Å². The summed E-state index contributed by atoms with van der Waals surface area (Å²) < 4.78 is 5.32. The summed E-state index contributed by atoms with van der Waals surface area (Å²) >= 11 is 0. The fraction of sp³-hybridized carbons (Fsp3) is 0.615. The normalized spacial score (nSPS) is 11.4. The van der Waals surface area contributed by atoms with Crippen LogP contribution in [-0.4, -0.2) is 20.2 Å². The molecule has 28 heavy (non-hydrogen) atoms. The number of benzene rings is 1. The summed E-state index contributed by atoms with van der Waals surface area (Å²) in [5, 5.41) is 0. The number of unbranched alkanes of at least 4 members (excludes halogenated alkanes) is 6. The molecule has 0 amide bonds. The number of hydrogen-bond acceptors (Lipinski definition) is 2. The standard InChI is InChI=1S/C26H43NO/c1-6-7-8-9-10-11-12-21-27(25-16-18-26(28-5)19-17-25)22-20-24(4)15-13-14-23(2)3/h14,16-20H,6-13,15,21-22H2,1-5H3/b24-20+. The molecule has 1 aromatic carbocycles. The van der Waals surface area contributed by atoms with Crippen LogP contribution in [0.4, 0.5) is 5.69 Å². The Kier molecular flexibility index (Phi) is 13.3. The van der Waals surface area contributed by atoms with Crippen LogP contribution in [0.3, 0.4) is 0 Å². The lowest BCUT2D eigenvalue weighted by molar-refractivity contribution is 0.415. The third-order valence-electron chi connectivity index (χ3n) is 5.22. The highest BCUT2D eigenvalue weighted by atomic mass is 16.5. The van der Waals surface area contributed by atoms with Gasteiger partial charge >= 0.3 is 0 Å². The van der Waals surface area contributed by atoms with E-state index < -0.39 is 0 Å². The van der Waals surface area contributed by atoms with Crippen molar-refractivity contribution in [3.8, 4) is 5.75 Å². The zero-order valence-corrected chi connectivity index (χ0v) is 19.1. The number of rotatable bonds is 15. The van der Waals surface area contributed by atoms with Gasteiger partial charge in [-0.05, 0) is 64.3 Å². The van der Waals surface area contributed by atoms with E-state index in [4.69, 9.17) is 4.74 Å². The van der Waals surface area contributed by atoms with Crippen LogP contribution in [0.25, 0.3) is 0 Å². The molecule has 0 fully saturated rings. The fourth-order valence-electron chi connectivity index (χ4n) is 3.34. The minimum Gasteiger partial charge on any atom is -0.497 e. The summed E-state index contributed by atoms with van der Waals surface area (Å²) in [5.41, 5.74) is 4.18. The van der Waals surface area contributed by atoms with Crippen LogP contribution in [0.2, 0.25) is 0 Å². The van der Waals surface area contributed by atoms with E-state index in [0.717, 1.165) is 31.7 Å². The van der Waals surface area contributed by atoms with Gasteiger partial charge in [0.15, 0.2) is 0 Å². The van der Waals surface area contributed by atoms with Crippen LogP contribution in [0.15, 0.2) is 47.6 Å². The molecular weight excluding hydrogens is 342 g/mol. The van der Waals surface area contributed by atoms with Crippen molar-refractivity contribution < 1.29 is 4.74 Å². The molecular formula is C26H43NO. The molecule has 0 unspecified atom stereocenters. The molecule has 0 aliphatic carbocycles. The lowest BCUT2D eigenvalue weighted by Gasteiger charge is -2.24. The quantitative estimate of drug-likeness (QED) is 0.224. The minimum absolute atomic E-state index is 0.924. The Hall–Kier alpha value is -1.70. The molecule has 1 rings (SSSR count). The molecule has 0 heterocycles. The monoisotopic (exact) mass is 385 g/mol. The van der Waals surface area contributed by atoms with E-state index in [1.54, 1.807) is 7.11 Å². The molecule has 0 bridgehead atoms. The van der Waals surface area contributed by atoms with Gasteiger partial charge in [0.25, 0.3) is 0 Å². The number of allylic oxidation sites excluding steroid dienone is 3. The number of nitrogens with zero attached hydrogens (tertiary/aromatic N) is 1. The van der Waals surface area contributed by atoms with E-state index in [-0.39, 0.29) is 0 Å². The van der Waals surface area contributed by atoms with Crippen molar-refractivity contribution in [2.75, 3.05) is 25.1 Å². The maximum Gasteiger partial charge on any atom is 0.119 e. The summed E-state index contributed by atoms with van der Waals surface area (Å²) in [6.45, 7) is 11.0. The second kappa shape index (κ2) is 15.2. The molecule has 0 spiro atoms. The summed E-state index contributed by atoms with van der Waals surface area (Å²) in [4.78, 5) is 2.51. The zero-order valence-electron chi connectivity index (χ0n) is 19.1. The van der Waals surface area contributed by atoms with Gasteiger partial charge in [0.2, 0.25) is 0 Å². The van der Waals surface area contributed by atoms with Gasteiger partial charge < -0.3 is 9.64 Å². The fourth-order valence-corrected chi connectivity index (χ4v) is 3.34. The molecule has 0 atom stereocenters. The lowest BCUT2D eigenvalue weighted by atomic mass is 10.1. The number of anilines is 1. The summed E-state index contributed by atoms with van der Waals surface area (Å²) in [7, 11) is 1.73. The SMILES string of the molecule is CCCCCCCCCN(C/C=C(\C)CCC=C(C)C)c1ccc(OC)cc1. The predicted octanol–water partition coefficient (Wildman–Crippen LogP) is 7.94. The highest BCUT2D eigenvalue weighted by Gasteiger charge is 2.06. The van der Waals surface area contributed by atoms with Crippen LogP contribution >= 0.6 is 0 Å². The van der Waals surface area contributed by atoms with Gasteiger partial charge in [0.05, 0.1) is 7.11 Å². The number of methoxy groups -OCH3 is 1. The number of hydrogen-bond donors (Lipinski definition) is 0. The Bertz CT molecular complexity index is 567. The highest BCUT2D eigenvalue weighted by Crippen LogP contribution is 2.21. The molecule has 0 aliphatic heterocycles. The van der Waals surface area contributed by atoms with Crippen molar-refractivity contribution in [3.05, 3.63) is 47.6 Å². The third-order valence-corrected chi connectivity index (χ3v) is 5.22. The largest absolute Gasteiger partial charge is 0.497 e. The van der Waals surface area contributed by atoms with Crippen LogP contribution < -0.4 is 9.64 Å². The Morgan fingerprint density at radius 1 is 0.893 bits per heavy atom. The summed E-state index contributed by atoms with van der Waals surface area (Å²) in [6.07, 6.45) is 16.5. The molecule has 0 aliphatic rings. The van der Waals surface area contributed by atoms with Gasteiger partial charge in [-0.15, -0.1) is 0 Å². The van der Waals surface area contributed by atoms with Crippen molar-refractivity contribution >= 4 is 5.69 Å². The first kappa shape index (κ1) is 24.3. The second-order valence-corrected chi connectivity index (χ2v) is 8.14. The predicted molar refractivity (Wildman–Crippen MR) is 126 cm³/mol. The summed E-state index contributed by atoms with van der Waals surface area (Å²) in [6, 6.07) is 8.51. The van der Waals surface area contributed by atoms with Crippen molar-refractivity contribution in [3.63, 3.8) is 0 Å². The second-order valence-electron chi connectivity index (χ2n) is 8.14. The molecule has 0 aromatic heterocycles. The molecule has 2 nitrogen and oxygen atoms in total. The topological polar surface area (TPSA) is 12.5 Å². The molecule has 0 N–H and O–H groups in total. The van der Waals surface area contributed by atoms with Crippen molar-refractivity contribution in [1.29, 1.82) is 0 Å². The molecule has 0 saturated carbocycles. The van der Waals surface area contributed by atoms with E-state index in [1.165, 1.54) is 61.8 Å². The van der Waals surface area contributed by atoms with Gasteiger partial charge in [0.1, 0.15) is 5.75 Å². The van der Waals surface area contributed by atoms with Gasteiger partial charge in [0, 0.05) is 18.8 Å². The maximum absolute atomic E-state index is 5.32. The lowest BCUT2D eigenvalue weighted by Crippen LogP contribution is -2.24. The van der Waals surface area contributed by atoms with Crippen LogP contribution in [-0.2, 0) is 0 Å². The van der Waals surface area contributed by atoms with Crippen LogP contribution in [0.1, 0.15) is 85.5 Å². The first-order chi connectivity index (χ1) is 13.6. The van der Waals surface area contributed by atoms with Gasteiger partial charge in [-0.1, -0.05) is 68.7 Å².